The number of carbonyl (C=O) groups excluding carboxylic acids is 2. The van der Waals surface area contributed by atoms with Crippen LogP contribution in [0.5, 0.6) is 5.75 Å². The monoisotopic (exact) mass is 474 g/mol. The smallest absolute Gasteiger partial charge is 0.276 e. The van der Waals surface area contributed by atoms with E-state index in [2.05, 4.69) is 19.2 Å². The molecule has 0 aliphatic carbocycles. The Kier molecular flexibility index (Phi) is 6.00. The Hall–Kier alpha value is -2.85. The summed E-state index contributed by atoms with van der Waals surface area (Å²) in [6, 6.07) is 5.79. The van der Waals surface area contributed by atoms with Gasteiger partial charge in [-0.15, -0.1) is 12.6 Å². The SMILES string of the molecule is CC(C)[C@H]1CCN2C(=O)c3c(O)c(=O)c(C(=O)NCc4ccc(F)cc4)cn3CC2(S)N1C. The van der Waals surface area contributed by atoms with E-state index in [1.807, 2.05) is 11.9 Å². The van der Waals surface area contributed by atoms with Gasteiger partial charge in [0.1, 0.15) is 11.4 Å². The van der Waals surface area contributed by atoms with Crippen LogP contribution in [0.1, 0.15) is 46.7 Å². The molecule has 0 saturated carbocycles. The molecule has 2 aliphatic heterocycles. The maximum atomic E-state index is 13.3. The first kappa shape index (κ1) is 23.3. The Morgan fingerprint density at radius 3 is 2.61 bits per heavy atom. The largest absolute Gasteiger partial charge is 0.503 e. The molecule has 8 nitrogen and oxygen atoms in total. The first-order valence-corrected chi connectivity index (χ1v) is 11.3. The molecule has 0 bridgehead atoms. The number of nitrogens with one attached hydrogen (secondary N) is 1. The Bertz CT molecular complexity index is 1170. The number of aromatic hydroxyl groups is 1. The molecule has 33 heavy (non-hydrogen) atoms. The number of pyridine rings is 1. The van der Waals surface area contributed by atoms with Crippen molar-refractivity contribution in [2.45, 2.75) is 44.4 Å². The lowest BCUT2D eigenvalue weighted by Gasteiger charge is -2.56. The number of carbonyl (C=O) groups is 2. The fourth-order valence-corrected chi connectivity index (χ4v) is 5.22. The minimum atomic E-state index is -0.972. The van der Waals surface area contributed by atoms with Gasteiger partial charge in [-0.3, -0.25) is 19.3 Å². The van der Waals surface area contributed by atoms with E-state index in [1.54, 1.807) is 4.90 Å². The van der Waals surface area contributed by atoms with E-state index in [4.69, 9.17) is 12.6 Å². The van der Waals surface area contributed by atoms with Gasteiger partial charge < -0.3 is 19.9 Å². The lowest BCUT2D eigenvalue weighted by Crippen LogP contribution is -2.69. The first-order valence-electron chi connectivity index (χ1n) is 10.8. The van der Waals surface area contributed by atoms with E-state index in [0.29, 0.717) is 18.0 Å². The highest BCUT2D eigenvalue weighted by Crippen LogP contribution is 2.40. The van der Waals surface area contributed by atoms with Crippen LogP contribution in [0.3, 0.4) is 0 Å². The molecule has 2 amide bonds. The number of hydrogen-bond donors (Lipinski definition) is 3. The summed E-state index contributed by atoms with van der Waals surface area (Å²) in [6.45, 7) is 4.91. The van der Waals surface area contributed by atoms with Gasteiger partial charge in [0.15, 0.2) is 16.4 Å². The van der Waals surface area contributed by atoms with Gasteiger partial charge in [0.05, 0.1) is 6.54 Å². The van der Waals surface area contributed by atoms with Gasteiger partial charge in [-0.25, -0.2) is 4.39 Å². The summed E-state index contributed by atoms with van der Waals surface area (Å²) in [5.74, 6) is -2.01. The van der Waals surface area contributed by atoms with Crippen LogP contribution in [-0.4, -0.2) is 55.9 Å². The molecule has 176 valence electrons. The van der Waals surface area contributed by atoms with E-state index >= 15 is 0 Å². The molecule has 1 unspecified atom stereocenters. The Labute approximate surface area is 196 Å². The maximum Gasteiger partial charge on any atom is 0.276 e. The number of rotatable bonds is 4. The zero-order chi connectivity index (χ0) is 24.1. The number of fused-ring (bicyclic) bond motifs is 2. The average molecular weight is 475 g/mol. The topological polar surface area (TPSA) is 94.9 Å². The fraction of sp³-hybridized carbons (Fsp3) is 0.435. The summed E-state index contributed by atoms with van der Waals surface area (Å²) in [5.41, 5.74) is -0.689. The van der Waals surface area contributed by atoms with Crippen LogP contribution in [0.4, 0.5) is 4.39 Å². The van der Waals surface area contributed by atoms with Crippen LogP contribution < -0.4 is 10.7 Å². The molecule has 2 aliphatic rings. The van der Waals surface area contributed by atoms with Gasteiger partial charge in [-0.1, -0.05) is 26.0 Å². The number of nitrogens with zero attached hydrogens (tertiary/aromatic N) is 3. The quantitative estimate of drug-likeness (QED) is 0.590. The average Bonchev–Trinajstić information content (AvgIpc) is 2.76. The molecule has 1 saturated heterocycles. The summed E-state index contributed by atoms with van der Waals surface area (Å²) in [4.78, 5) is 41.4. The third kappa shape index (κ3) is 3.91. The summed E-state index contributed by atoms with van der Waals surface area (Å²) in [7, 11) is 1.90. The van der Waals surface area contributed by atoms with Crippen LogP contribution in [0.2, 0.25) is 0 Å². The molecule has 4 rings (SSSR count). The van der Waals surface area contributed by atoms with E-state index in [1.165, 1.54) is 35.0 Å². The van der Waals surface area contributed by atoms with Crippen molar-refractivity contribution >= 4 is 24.4 Å². The van der Waals surface area contributed by atoms with Crippen LogP contribution in [0.15, 0.2) is 35.3 Å². The minimum absolute atomic E-state index is 0.0725. The van der Waals surface area contributed by atoms with Crippen LogP contribution in [0, 0.1) is 11.7 Å². The van der Waals surface area contributed by atoms with Gasteiger partial charge >= 0.3 is 0 Å². The first-order chi connectivity index (χ1) is 15.5. The number of halogens is 1. The Morgan fingerprint density at radius 2 is 1.97 bits per heavy atom. The highest BCUT2D eigenvalue weighted by atomic mass is 32.1. The number of amides is 2. The number of likely N-dealkylation sites (N-methyl/N-ethyl adjacent to an activating group) is 1. The predicted octanol–water partition coefficient (Wildman–Crippen LogP) is 2.02. The molecular weight excluding hydrogens is 447 g/mol. The molecule has 1 fully saturated rings. The molecule has 2 N–H and O–H groups in total. The standard InChI is InChI=1S/C23H27FN4O4S/c1-13(2)17-8-9-28-22(32)18-20(30)19(29)16(11-27(18)12-23(28,33)26(17)3)21(31)25-10-14-4-6-15(24)7-5-14/h4-7,11,13,17,30,33H,8-10,12H2,1-3H3,(H,25,31)/t17-,23?/m1/s1. The van der Waals surface area contributed by atoms with E-state index in [9.17, 15) is 23.9 Å². The lowest BCUT2D eigenvalue weighted by molar-refractivity contribution is -0.0549. The van der Waals surface area contributed by atoms with Crippen molar-refractivity contribution in [3.05, 3.63) is 63.3 Å². The molecule has 1 aromatic heterocycles. The zero-order valence-electron chi connectivity index (χ0n) is 18.7. The van der Waals surface area contributed by atoms with Crippen molar-refractivity contribution < 1.29 is 19.1 Å². The normalized spacial score (nSPS) is 22.8. The predicted molar refractivity (Wildman–Crippen MR) is 124 cm³/mol. The third-order valence-corrected chi connectivity index (χ3v) is 7.31. The fourth-order valence-electron chi connectivity index (χ4n) is 4.73. The van der Waals surface area contributed by atoms with Gasteiger partial charge in [0.25, 0.3) is 11.8 Å². The molecule has 0 spiro atoms. The second-order valence-corrected chi connectivity index (χ2v) is 9.66. The Balaban J connectivity index is 1.67. The molecule has 3 heterocycles. The summed E-state index contributed by atoms with van der Waals surface area (Å²) in [5, 5.41) is 13.2. The Morgan fingerprint density at radius 1 is 1.30 bits per heavy atom. The van der Waals surface area contributed by atoms with Crippen LogP contribution in [0.25, 0.3) is 0 Å². The zero-order valence-corrected chi connectivity index (χ0v) is 19.6. The molecule has 1 aromatic carbocycles. The second-order valence-electron chi connectivity index (χ2n) is 8.95. The number of hydrogen-bond acceptors (Lipinski definition) is 6. The van der Waals surface area contributed by atoms with E-state index in [0.717, 1.165) is 6.42 Å². The summed E-state index contributed by atoms with van der Waals surface area (Å²) >= 11 is 4.87. The summed E-state index contributed by atoms with van der Waals surface area (Å²) < 4.78 is 14.5. The number of benzene rings is 1. The van der Waals surface area contributed by atoms with Gasteiger partial charge in [0, 0.05) is 25.3 Å². The van der Waals surface area contributed by atoms with Crippen molar-refractivity contribution in [1.29, 1.82) is 0 Å². The molecule has 2 aromatic rings. The highest BCUT2D eigenvalue weighted by molar-refractivity contribution is 7.81. The molecule has 10 heteroatoms. The maximum absolute atomic E-state index is 13.3. The summed E-state index contributed by atoms with van der Waals surface area (Å²) in [6.07, 6.45) is 2.05. The van der Waals surface area contributed by atoms with E-state index < -0.39 is 33.8 Å². The second kappa shape index (κ2) is 8.49. The molecule has 2 atom stereocenters. The van der Waals surface area contributed by atoms with Gasteiger partial charge in [0.2, 0.25) is 5.43 Å². The number of aromatic nitrogens is 1. The minimum Gasteiger partial charge on any atom is -0.503 e. The van der Waals surface area contributed by atoms with Crippen LogP contribution in [-0.2, 0) is 13.1 Å². The van der Waals surface area contributed by atoms with E-state index in [-0.39, 0.29) is 30.4 Å². The van der Waals surface area contributed by atoms with Crippen LogP contribution >= 0.6 is 12.6 Å². The van der Waals surface area contributed by atoms with Crippen molar-refractivity contribution in [1.82, 2.24) is 19.7 Å². The van der Waals surface area contributed by atoms with Crippen molar-refractivity contribution in [3.8, 4) is 5.75 Å². The third-order valence-electron chi connectivity index (χ3n) is 6.61. The molecule has 0 radical (unpaired) electrons. The van der Waals surface area contributed by atoms with Crippen molar-refractivity contribution in [2.75, 3.05) is 13.6 Å². The molecular formula is C23H27FN4O4S. The van der Waals surface area contributed by atoms with Gasteiger partial charge in [-0.05, 0) is 37.1 Å². The van der Waals surface area contributed by atoms with Crippen molar-refractivity contribution in [3.63, 3.8) is 0 Å². The lowest BCUT2D eigenvalue weighted by atomic mass is 9.94. The van der Waals surface area contributed by atoms with Crippen molar-refractivity contribution in [2.24, 2.45) is 5.92 Å². The highest BCUT2D eigenvalue weighted by Gasteiger charge is 2.51. The van der Waals surface area contributed by atoms with Gasteiger partial charge in [-0.2, -0.15) is 0 Å². The number of thiol groups is 1.